The molecule has 2 N–H and O–H groups in total. The van der Waals surface area contributed by atoms with Gasteiger partial charge in [0.1, 0.15) is 5.82 Å². The van der Waals surface area contributed by atoms with Gasteiger partial charge in [0, 0.05) is 12.0 Å². The molecule has 0 aromatic heterocycles. The number of nitrogens with one attached hydrogen (secondary N) is 1. The third-order valence-corrected chi connectivity index (χ3v) is 3.16. The quantitative estimate of drug-likeness (QED) is 0.787. The minimum Gasteiger partial charge on any atom is -0.396 e. The summed E-state index contributed by atoms with van der Waals surface area (Å²) < 4.78 is 12.7. The Bertz CT molecular complexity index is 317. The SMILES string of the molecule is OC[C@@]1(Cc2ccc(F)cc2)CCNC1. The van der Waals surface area contributed by atoms with Crippen LogP contribution in [0.3, 0.4) is 0 Å². The fourth-order valence-electron chi connectivity index (χ4n) is 2.17. The topological polar surface area (TPSA) is 32.3 Å². The average molecular weight is 209 g/mol. The Hall–Kier alpha value is -0.930. The summed E-state index contributed by atoms with van der Waals surface area (Å²) in [7, 11) is 0. The van der Waals surface area contributed by atoms with Gasteiger partial charge in [-0.15, -0.1) is 0 Å². The van der Waals surface area contributed by atoms with E-state index in [9.17, 15) is 9.50 Å². The van der Waals surface area contributed by atoms with Crippen molar-refractivity contribution < 1.29 is 9.50 Å². The molecule has 2 rings (SSSR count). The van der Waals surface area contributed by atoms with Crippen LogP contribution in [0, 0.1) is 11.2 Å². The lowest BCUT2D eigenvalue weighted by molar-refractivity contribution is 0.143. The predicted octanol–water partition coefficient (Wildman–Crippen LogP) is 1.34. The molecule has 0 bridgehead atoms. The highest BCUT2D eigenvalue weighted by Gasteiger charge is 2.33. The van der Waals surface area contributed by atoms with Gasteiger partial charge in [0.15, 0.2) is 0 Å². The van der Waals surface area contributed by atoms with E-state index in [1.54, 1.807) is 12.1 Å². The largest absolute Gasteiger partial charge is 0.396 e. The van der Waals surface area contributed by atoms with Gasteiger partial charge in [-0.1, -0.05) is 12.1 Å². The summed E-state index contributed by atoms with van der Waals surface area (Å²) in [5.74, 6) is -0.207. The van der Waals surface area contributed by atoms with Crippen LogP contribution in [0.4, 0.5) is 4.39 Å². The van der Waals surface area contributed by atoms with E-state index < -0.39 is 0 Å². The second-order valence-corrected chi connectivity index (χ2v) is 4.39. The second kappa shape index (κ2) is 4.29. The number of hydrogen-bond acceptors (Lipinski definition) is 2. The molecule has 1 atom stereocenters. The zero-order valence-electron chi connectivity index (χ0n) is 8.67. The van der Waals surface area contributed by atoms with E-state index in [2.05, 4.69) is 5.32 Å². The molecule has 1 heterocycles. The Morgan fingerprint density at radius 1 is 1.33 bits per heavy atom. The molecule has 0 saturated carbocycles. The zero-order valence-corrected chi connectivity index (χ0v) is 8.67. The van der Waals surface area contributed by atoms with Crippen LogP contribution in [0.25, 0.3) is 0 Å². The third-order valence-electron chi connectivity index (χ3n) is 3.16. The molecule has 0 aliphatic carbocycles. The molecule has 1 aliphatic heterocycles. The van der Waals surface area contributed by atoms with Gasteiger partial charge in [-0.3, -0.25) is 0 Å². The van der Waals surface area contributed by atoms with Crippen LogP contribution in [0.1, 0.15) is 12.0 Å². The summed E-state index contributed by atoms with van der Waals surface area (Å²) in [6.07, 6.45) is 1.80. The van der Waals surface area contributed by atoms with E-state index in [1.165, 1.54) is 12.1 Å². The Labute approximate surface area is 89.1 Å². The van der Waals surface area contributed by atoms with Gasteiger partial charge < -0.3 is 10.4 Å². The van der Waals surface area contributed by atoms with E-state index >= 15 is 0 Å². The summed E-state index contributed by atoms with van der Waals surface area (Å²) in [6.45, 7) is 2.00. The molecule has 82 valence electrons. The maximum Gasteiger partial charge on any atom is 0.123 e. The molecule has 3 heteroatoms. The summed E-state index contributed by atoms with van der Waals surface area (Å²) in [5, 5.41) is 12.7. The fourth-order valence-corrected chi connectivity index (χ4v) is 2.17. The number of aliphatic hydroxyl groups is 1. The zero-order chi connectivity index (χ0) is 10.7. The monoisotopic (exact) mass is 209 g/mol. The van der Waals surface area contributed by atoms with Crippen molar-refractivity contribution in [3.05, 3.63) is 35.6 Å². The van der Waals surface area contributed by atoms with Crippen LogP contribution in [-0.2, 0) is 6.42 Å². The fraction of sp³-hybridized carbons (Fsp3) is 0.500. The van der Waals surface area contributed by atoms with Gasteiger partial charge in [0.2, 0.25) is 0 Å². The van der Waals surface area contributed by atoms with Crippen LogP contribution in [-0.4, -0.2) is 24.8 Å². The molecule has 0 unspecified atom stereocenters. The molecular formula is C12H16FNO. The minimum atomic E-state index is -0.207. The van der Waals surface area contributed by atoms with Crippen molar-refractivity contribution in [3.8, 4) is 0 Å². The van der Waals surface area contributed by atoms with Crippen molar-refractivity contribution in [2.75, 3.05) is 19.7 Å². The highest BCUT2D eigenvalue weighted by molar-refractivity contribution is 5.18. The van der Waals surface area contributed by atoms with E-state index in [1.807, 2.05) is 0 Å². The lowest BCUT2D eigenvalue weighted by atomic mass is 9.82. The van der Waals surface area contributed by atoms with Gasteiger partial charge in [0.25, 0.3) is 0 Å². The van der Waals surface area contributed by atoms with Crippen molar-refractivity contribution in [2.45, 2.75) is 12.8 Å². The van der Waals surface area contributed by atoms with Crippen LogP contribution in [0.2, 0.25) is 0 Å². The number of rotatable bonds is 3. The van der Waals surface area contributed by atoms with E-state index in [0.717, 1.165) is 31.5 Å². The smallest absolute Gasteiger partial charge is 0.123 e. The summed E-state index contributed by atoms with van der Waals surface area (Å²) in [6, 6.07) is 6.54. The van der Waals surface area contributed by atoms with Gasteiger partial charge in [-0.25, -0.2) is 4.39 Å². The first-order valence-electron chi connectivity index (χ1n) is 5.30. The van der Waals surface area contributed by atoms with Gasteiger partial charge in [-0.2, -0.15) is 0 Å². The maximum absolute atomic E-state index is 12.7. The molecule has 2 nitrogen and oxygen atoms in total. The predicted molar refractivity (Wildman–Crippen MR) is 57.1 cm³/mol. The van der Waals surface area contributed by atoms with E-state index in [-0.39, 0.29) is 17.8 Å². The molecule has 0 spiro atoms. The lowest BCUT2D eigenvalue weighted by Crippen LogP contribution is -2.30. The molecule has 0 radical (unpaired) electrons. The Kier molecular flexibility index (Phi) is 3.03. The van der Waals surface area contributed by atoms with Crippen molar-refractivity contribution >= 4 is 0 Å². The molecule has 1 fully saturated rings. The normalized spacial score (nSPS) is 25.7. The molecule has 1 aliphatic rings. The lowest BCUT2D eigenvalue weighted by Gasteiger charge is -2.25. The Morgan fingerprint density at radius 2 is 2.07 bits per heavy atom. The first-order valence-corrected chi connectivity index (χ1v) is 5.30. The molecule has 15 heavy (non-hydrogen) atoms. The Balaban J connectivity index is 2.09. The van der Waals surface area contributed by atoms with Crippen molar-refractivity contribution in [1.82, 2.24) is 5.32 Å². The second-order valence-electron chi connectivity index (χ2n) is 4.39. The maximum atomic E-state index is 12.7. The standard InChI is InChI=1S/C12H16FNO/c13-11-3-1-10(2-4-11)7-12(9-15)5-6-14-8-12/h1-4,14-15H,5-9H2/t12-/m1/s1. The van der Waals surface area contributed by atoms with Gasteiger partial charge in [0.05, 0.1) is 6.61 Å². The number of halogens is 1. The molecule has 1 saturated heterocycles. The highest BCUT2D eigenvalue weighted by atomic mass is 19.1. The molecular weight excluding hydrogens is 193 g/mol. The van der Waals surface area contributed by atoms with Gasteiger partial charge in [-0.05, 0) is 37.1 Å². The van der Waals surface area contributed by atoms with Gasteiger partial charge >= 0.3 is 0 Å². The molecule has 0 amide bonds. The summed E-state index contributed by atoms with van der Waals surface area (Å²) in [4.78, 5) is 0. The van der Waals surface area contributed by atoms with Crippen LogP contribution >= 0.6 is 0 Å². The van der Waals surface area contributed by atoms with E-state index in [4.69, 9.17) is 0 Å². The summed E-state index contributed by atoms with van der Waals surface area (Å²) >= 11 is 0. The number of benzene rings is 1. The van der Waals surface area contributed by atoms with E-state index in [0.29, 0.717) is 0 Å². The van der Waals surface area contributed by atoms with Crippen molar-refractivity contribution in [2.24, 2.45) is 5.41 Å². The van der Waals surface area contributed by atoms with Crippen LogP contribution < -0.4 is 5.32 Å². The first-order chi connectivity index (χ1) is 7.24. The number of hydrogen-bond donors (Lipinski definition) is 2. The first kappa shape index (κ1) is 10.6. The molecule has 1 aromatic carbocycles. The Morgan fingerprint density at radius 3 is 2.60 bits per heavy atom. The number of aliphatic hydroxyl groups excluding tert-OH is 1. The van der Waals surface area contributed by atoms with Crippen molar-refractivity contribution in [3.63, 3.8) is 0 Å². The van der Waals surface area contributed by atoms with Crippen LogP contribution in [0.5, 0.6) is 0 Å². The minimum absolute atomic E-state index is 0.0438. The summed E-state index contributed by atoms with van der Waals surface area (Å²) in [5.41, 5.74) is 1.05. The average Bonchev–Trinajstić information content (AvgIpc) is 2.71. The third kappa shape index (κ3) is 2.36. The molecule has 1 aromatic rings. The van der Waals surface area contributed by atoms with Crippen LogP contribution in [0.15, 0.2) is 24.3 Å². The van der Waals surface area contributed by atoms with Crippen molar-refractivity contribution in [1.29, 1.82) is 0 Å². The highest BCUT2D eigenvalue weighted by Crippen LogP contribution is 2.29.